The monoisotopic (exact) mass is 456 g/mol. The number of hydrogen-bond donors (Lipinski definition) is 0. The van der Waals surface area contributed by atoms with Gasteiger partial charge >= 0.3 is 0 Å². The van der Waals surface area contributed by atoms with Gasteiger partial charge in [-0.2, -0.15) is 0 Å². The third kappa shape index (κ3) is 5.39. The highest BCUT2D eigenvalue weighted by Crippen LogP contribution is 2.35. The van der Waals surface area contributed by atoms with Crippen molar-refractivity contribution in [2.75, 3.05) is 13.1 Å². The summed E-state index contributed by atoms with van der Waals surface area (Å²) >= 11 is 0. The molecule has 0 saturated heterocycles. The molecule has 0 aliphatic carbocycles. The normalized spacial score (nSPS) is 12.1. The molecule has 3 aromatic carbocycles. The van der Waals surface area contributed by atoms with Crippen molar-refractivity contribution in [3.63, 3.8) is 0 Å². The van der Waals surface area contributed by atoms with Crippen molar-refractivity contribution in [1.82, 2.24) is 9.47 Å². The number of carbonyl (C=O) groups excluding carboxylic acids is 1. The molecule has 0 saturated carbocycles. The van der Waals surface area contributed by atoms with Gasteiger partial charge in [-0.3, -0.25) is 4.79 Å². The quantitative estimate of drug-likeness (QED) is 0.252. The number of halogens is 1. The van der Waals surface area contributed by atoms with E-state index in [4.69, 9.17) is 0 Å². The van der Waals surface area contributed by atoms with Crippen LogP contribution in [0.2, 0.25) is 0 Å². The zero-order valence-electron chi connectivity index (χ0n) is 20.1. The fourth-order valence-corrected chi connectivity index (χ4v) is 4.77. The zero-order valence-corrected chi connectivity index (χ0v) is 20.1. The standard InChI is InChI=1S/C30H33FN2O/c1-3-18-32(19-4-2)30(34)20-27(24-14-16-25(31)17-15-24)28-22-33(21-23-10-6-5-7-11-23)29-13-9-8-12-26(28)29/h5-17,22,27H,3-4,18-21H2,1-2H3. The Hall–Kier alpha value is -3.40. The highest BCUT2D eigenvalue weighted by atomic mass is 19.1. The fourth-order valence-electron chi connectivity index (χ4n) is 4.77. The van der Waals surface area contributed by atoms with Crippen LogP contribution in [0.25, 0.3) is 10.9 Å². The second kappa shape index (κ2) is 11.1. The summed E-state index contributed by atoms with van der Waals surface area (Å²) < 4.78 is 16.0. The van der Waals surface area contributed by atoms with Gasteiger partial charge in [-0.25, -0.2) is 4.39 Å². The van der Waals surface area contributed by atoms with Gasteiger partial charge in [-0.05, 0) is 47.7 Å². The van der Waals surface area contributed by atoms with E-state index in [1.54, 1.807) is 0 Å². The fraction of sp³-hybridized carbons (Fsp3) is 0.300. The van der Waals surface area contributed by atoms with Crippen molar-refractivity contribution < 1.29 is 9.18 Å². The second-order valence-corrected chi connectivity index (χ2v) is 8.90. The Morgan fingerprint density at radius 2 is 1.53 bits per heavy atom. The third-order valence-electron chi connectivity index (χ3n) is 6.38. The van der Waals surface area contributed by atoms with Gasteiger partial charge < -0.3 is 9.47 Å². The van der Waals surface area contributed by atoms with E-state index in [1.165, 1.54) is 17.7 Å². The van der Waals surface area contributed by atoms with E-state index in [-0.39, 0.29) is 17.6 Å². The van der Waals surface area contributed by atoms with Crippen LogP contribution in [0.4, 0.5) is 4.39 Å². The Kier molecular flexibility index (Phi) is 7.79. The number of carbonyl (C=O) groups is 1. The van der Waals surface area contributed by atoms with Crippen LogP contribution in [0.3, 0.4) is 0 Å². The number of para-hydroxylation sites is 1. The Morgan fingerprint density at radius 1 is 0.882 bits per heavy atom. The lowest BCUT2D eigenvalue weighted by Crippen LogP contribution is -2.33. The van der Waals surface area contributed by atoms with Crippen molar-refractivity contribution in [1.29, 1.82) is 0 Å². The molecule has 4 heteroatoms. The molecule has 4 rings (SSSR count). The molecule has 0 aliphatic rings. The second-order valence-electron chi connectivity index (χ2n) is 8.90. The molecular weight excluding hydrogens is 423 g/mol. The van der Waals surface area contributed by atoms with Crippen molar-refractivity contribution >= 4 is 16.8 Å². The summed E-state index contributed by atoms with van der Waals surface area (Å²) in [7, 11) is 0. The molecule has 0 spiro atoms. The summed E-state index contributed by atoms with van der Waals surface area (Å²) in [6.07, 6.45) is 4.42. The summed E-state index contributed by atoms with van der Waals surface area (Å²) in [5.41, 5.74) is 4.44. The molecule has 0 bridgehead atoms. The van der Waals surface area contributed by atoms with Gasteiger partial charge in [0.05, 0.1) is 0 Å². The van der Waals surface area contributed by atoms with E-state index in [2.05, 4.69) is 67.1 Å². The molecule has 4 aromatic rings. The minimum absolute atomic E-state index is 0.147. The van der Waals surface area contributed by atoms with Crippen molar-refractivity contribution in [3.05, 3.63) is 108 Å². The van der Waals surface area contributed by atoms with Crippen LogP contribution in [0.15, 0.2) is 85.1 Å². The lowest BCUT2D eigenvalue weighted by Gasteiger charge is -2.25. The Balaban J connectivity index is 1.77. The molecule has 0 aliphatic heterocycles. The smallest absolute Gasteiger partial charge is 0.223 e. The van der Waals surface area contributed by atoms with Gasteiger partial charge in [0, 0.05) is 49.1 Å². The van der Waals surface area contributed by atoms with Crippen molar-refractivity contribution in [3.8, 4) is 0 Å². The zero-order chi connectivity index (χ0) is 23.9. The Labute approximate surface area is 201 Å². The highest BCUT2D eigenvalue weighted by Gasteiger charge is 2.25. The number of aromatic nitrogens is 1. The lowest BCUT2D eigenvalue weighted by molar-refractivity contribution is -0.131. The van der Waals surface area contributed by atoms with Gasteiger partial charge in [0.15, 0.2) is 0 Å². The number of nitrogens with zero attached hydrogens (tertiary/aromatic N) is 2. The molecule has 1 amide bonds. The lowest BCUT2D eigenvalue weighted by atomic mass is 9.87. The van der Waals surface area contributed by atoms with Crippen molar-refractivity contribution in [2.45, 2.75) is 45.6 Å². The molecule has 1 atom stereocenters. The maximum Gasteiger partial charge on any atom is 0.223 e. The molecule has 0 fully saturated rings. The third-order valence-corrected chi connectivity index (χ3v) is 6.38. The molecule has 1 aromatic heterocycles. The van der Waals surface area contributed by atoms with E-state index in [0.717, 1.165) is 54.5 Å². The van der Waals surface area contributed by atoms with E-state index in [1.807, 2.05) is 29.2 Å². The summed E-state index contributed by atoms with van der Waals surface area (Å²) in [6, 6.07) is 25.4. The predicted octanol–water partition coefficient (Wildman–Crippen LogP) is 7.00. The molecule has 1 unspecified atom stereocenters. The maximum atomic E-state index is 13.8. The van der Waals surface area contributed by atoms with Gasteiger partial charge in [-0.1, -0.05) is 74.5 Å². The van der Waals surface area contributed by atoms with Crippen LogP contribution in [0.1, 0.15) is 55.7 Å². The molecule has 0 radical (unpaired) electrons. The number of amides is 1. The van der Waals surface area contributed by atoms with Crippen LogP contribution in [0, 0.1) is 5.82 Å². The molecule has 0 N–H and O–H groups in total. The first-order valence-corrected chi connectivity index (χ1v) is 12.3. The number of rotatable bonds is 10. The minimum atomic E-state index is -0.265. The van der Waals surface area contributed by atoms with Gasteiger partial charge in [0.1, 0.15) is 5.82 Å². The summed E-state index contributed by atoms with van der Waals surface area (Å²) in [5.74, 6) is -0.261. The number of hydrogen-bond acceptors (Lipinski definition) is 1. The van der Waals surface area contributed by atoms with E-state index < -0.39 is 0 Å². The summed E-state index contributed by atoms with van der Waals surface area (Å²) in [4.78, 5) is 15.4. The SMILES string of the molecule is CCCN(CCC)C(=O)CC(c1ccc(F)cc1)c1cn(Cc2ccccc2)c2ccccc12. The first kappa shape index (κ1) is 23.7. The van der Waals surface area contributed by atoms with Gasteiger partial charge in [-0.15, -0.1) is 0 Å². The average molecular weight is 457 g/mol. The number of fused-ring (bicyclic) bond motifs is 1. The molecule has 34 heavy (non-hydrogen) atoms. The predicted molar refractivity (Wildman–Crippen MR) is 138 cm³/mol. The van der Waals surface area contributed by atoms with Gasteiger partial charge in [0.2, 0.25) is 5.91 Å². The van der Waals surface area contributed by atoms with Gasteiger partial charge in [0.25, 0.3) is 0 Å². The Morgan fingerprint density at radius 3 is 2.21 bits per heavy atom. The van der Waals surface area contributed by atoms with E-state index >= 15 is 0 Å². The Bertz CT molecular complexity index is 1210. The van der Waals surface area contributed by atoms with Crippen LogP contribution in [-0.4, -0.2) is 28.5 Å². The maximum absolute atomic E-state index is 13.8. The molecule has 1 heterocycles. The van der Waals surface area contributed by atoms with Crippen molar-refractivity contribution in [2.24, 2.45) is 0 Å². The average Bonchev–Trinajstić information content (AvgIpc) is 3.21. The van der Waals surface area contributed by atoms with Crippen LogP contribution in [-0.2, 0) is 11.3 Å². The van der Waals surface area contributed by atoms with Crippen LogP contribution in [0.5, 0.6) is 0 Å². The highest BCUT2D eigenvalue weighted by molar-refractivity contribution is 5.87. The van der Waals surface area contributed by atoms with E-state index in [9.17, 15) is 9.18 Å². The van der Waals surface area contributed by atoms with E-state index in [0.29, 0.717) is 6.42 Å². The molecular formula is C30H33FN2O. The number of benzene rings is 3. The van der Waals surface area contributed by atoms with Crippen LogP contribution < -0.4 is 0 Å². The molecule has 3 nitrogen and oxygen atoms in total. The minimum Gasteiger partial charge on any atom is -0.343 e. The summed E-state index contributed by atoms with van der Waals surface area (Å²) in [5, 5.41) is 1.14. The first-order chi connectivity index (χ1) is 16.6. The largest absolute Gasteiger partial charge is 0.343 e. The molecule has 176 valence electrons. The topological polar surface area (TPSA) is 25.2 Å². The van der Waals surface area contributed by atoms with Crippen LogP contribution >= 0.6 is 0 Å². The first-order valence-electron chi connectivity index (χ1n) is 12.3. The summed E-state index contributed by atoms with van der Waals surface area (Å²) in [6.45, 7) is 6.48.